The van der Waals surface area contributed by atoms with Gasteiger partial charge in [0.2, 0.25) is 5.91 Å². The normalized spacial score (nSPS) is 15.2. The van der Waals surface area contributed by atoms with Crippen LogP contribution in [0.4, 0.5) is 14.5 Å². The predicted octanol–water partition coefficient (Wildman–Crippen LogP) is 3.17. The minimum Gasteiger partial charge on any atom is -0.488 e. The molecule has 0 saturated carbocycles. The Hall–Kier alpha value is -2.47. The predicted molar refractivity (Wildman–Crippen MR) is 86.8 cm³/mol. The highest BCUT2D eigenvalue weighted by atomic mass is 19.1. The van der Waals surface area contributed by atoms with Crippen molar-refractivity contribution in [2.45, 2.75) is 18.9 Å². The van der Waals surface area contributed by atoms with Crippen molar-refractivity contribution in [3.05, 3.63) is 59.7 Å². The third-order valence-corrected chi connectivity index (χ3v) is 4.00. The number of amides is 1. The molecule has 0 fully saturated rings. The summed E-state index contributed by atoms with van der Waals surface area (Å²) in [5, 5.41) is 0. The van der Waals surface area contributed by atoms with Gasteiger partial charge < -0.3 is 15.4 Å². The quantitative estimate of drug-likeness (QED) is 0.939. The molecule has 126 valence electrons. The number of hydrogen-bond donors (Lipinski definition) is 1. The van der Waals surface area contributed by atoms with Gasteiger partial charge in [0.1, 0.15) is 5.82 Å². The lowest BCUT2D eigenvalue weighted by Gasteiger charge is -2.23. The second-order valence-electron chi connectivity index (χ2n) is 5.70. The lowest BCUT2D eigenvalue weighted by Crippen LogP contribution is -2.33. The summed E-state index contributed by atoms with van der Waals surface area (Å²) in [5.41, 5.74) is 7.16. The van der Waals surface area contributed by atoms with E-state index in [-0.39, 0.29) is 23.9 Å². The molecule has 0 aromatic heterocycles. The lowest BCUT2D eigenvalue weighted by molar-refractivity contribution is -0.119. The molecular formula is C18H18F2N2O2. The van der Waals surface area contributed by atoms with Crippen molar-refractivity contribution in [3.8, 4) is 5.75 Å². The number of fused-ring (bicyclic) bond motifs is 1. The highest BCUT2D eigenvalue weighted by molar-refractivity contribution is 5.95. The van der Waals surface area contributed by atoms with Gasteiger partial charge in [-0.2, -0.15) is 0 Å². The number of rotatable bonds is 3. The van der Waals surface area contributed by atoms with E-state index in [1.165, 1.54) is 23.1 Å². The van der Waals surface area contributed by atoms with E-state index in [0.717, 1.165) is 0 Å². The minimum absolute atomic E-state index is 0.0432. The van der Waals surface area contributed by atoms with E-state index >= 15 is 0 Å². The van der Waals surface area contributed by atoms with E-state index in [1.807, 2.05) is 0 Å². The molecule has 0 radical (unpaired) electrons. The number of nitrogens with zero attached hydrogens (tertiary/aromatic N) is 1. The summed E-state index contributed by atoms with van der Waals surface area (Å²) in [7, 11) is 0. The first-order valence-corrected chi connectivity index (χ1v) is 7.79. The van der Waals surface area contributed by atoms with Gasteiger partial charge in [-0.1, -0.05) is 18.2 Å². The number of anilines is 1. The number of carbonyl (C=O) groups is 1. The van der Waals surface area contributed by atoms with Crippen LogP contribution in [0.15, 0.2) is 42.5 Å². The van der Waals surface area contributed by atoms with Gasteiger partial charge >= 0.3 is 0 Å². The zero-order chi connectivity index (χ0) is 17.1. The van der Waals surface area contributed by atoms with E-state index in [0.29, 0.717) is 30.8 Å². The van der Waals surface area contributed by atoms with Crippen LogP contribution < -0.4 is 15.4 Å². The lowest BCUT2D eigenvalue weighted by atomic mass is 10.0. The first-order chi connectivity index (χ1) is 11.6. The maximum absolute atomic E-state index is 13.9. The van der Waals surface area contributed by atoms with Gasteiger partial charge in [-0.15, -0.1) is 0 Å². The largest absolute Gasteiger partial charge is 0.488 e. The molecule has 1 atom stereocenters. The summed E-state index contributed by atoms with van der Waals surface area (Å²) < 4.78 is 32.3. The standard InChI is InChI=1S/C18H18F2N2O2/c19-13-7-5-12(6-8-13)15(21)11-17(23)22-9-2-10-24-18-14(20)3-1-4-16(18)22/h1,3-8,15H,2,9-11,21H2/t15-/m0/s1. The number of nitrogens with two attached hydrogens (primary N) is 1. The smallest absolute Gasteiger partial charge is 0.229 e. The van der Waals surface area contributed by atoms with Crippen molar-refractivity contribution in [1.29, 1.82) is 0 Å². The van der Waals surface area contributed by atoms with Crippen molar-refractivity contribution in [3.63, 3.8) is 0 Å². The minimum atomic E-state index is -0.556. The van der Waals surface area contributed by atoms with Crippen LogP contribution >= 0.6 is 0 Å². The Bertz CT molecular complexity index is 734. The fourth-order valence-electron chi connectivity index (χ4n) is 2.76. The molecule has 1 amide bonds. The van der Waals surface area contributed by atoms with Crippen LogP contribution in [0.2, 0.25) is 0 Å². The van der Waals surface area contributed by atoms with Crippen LogP contribution in [-0.4, -0.2) is 19.1 Å². The first kappa shape index (κ1) is 16.4. The Morgan fingerprint density at radius 1 is 1.21 bits per heavy atom. The van der Waals surface area contributed by atoms with Gasteiger partial charge in [0.05, 0.1) is 12.3 Å². The van der Waals surface area contributed by atoms with Crippen LogP contribution in [-0.2, 0) is 4.79 Å². The zero-order valence-corrected chi connectivity index (χ0v) is 13.0. The van der Waals surface area contributed by atoms with Gasteiger partial charge in [-0.3, -0.25) is 4.79 Å². The highest BCUT2D eigenvalue weighted by Crippen LogP contribution is 2.34. The maximum atomic E-state index is 13.9. The monoisotopic (exact) mass is 332 g/mol. The van der Waals surface area contributed by atoms with Crippen molar-refractivity contribution in [2.24, 2.45) is 5.73 Å². The molecule has 0 aliphatic carbocycles. The summed E-state index contributed by atoms with van der Waals surface area (Å²) in [4.78, 5) is 14.2. The molecule has 0 bridgehead atoms. The van der Waals surface area contributed by atoms with E-state index in [2.05, 4.69) is 0 Å². The molecule has 1 aliphatic rings. The fourth-order valence-corrected chi connectivity index (χ4v) is 2.76. The molecule has 6 heteroatoms. The second kappa shape index (κ2) is 6.97. The molecule has 0 saturated heterocycles. The SMILES string of the molecule is N[C@@H](CC(=O)N1CCCOc2c(F)cccc21)c1ccc(F)cc1. The second-order valence-corrected chi connectivity index (χ2v) is 5.70. The fraction of sp³-hybridized carbons (Fsp3) is 0.278. The van der Waals surface area contributed by atoms with Gasteiger partial charge in [-0.25, -0.2) is 8.78 Å². The molecular weight excluding hydrogens is 314 g/mol. The van der Waals surface area contributed by atoms with Crippen molar-refractivity contribution in [2.75, 3.05) is 18.1 Å². The van der Waals surface area contributed by atoms with E-state index in [4.69, 9.17) is 10.5 Å². The van der Waals surface area contributed by atoms with Crippen LogP contribution in [0.25, 0.3) is 0 Å². The molecule has 1 heterocycles. The number of para-hydroxylation sites is 1. The zero-order valence-electron chi connectivity index (χ0n) is 13.0. The Kier molecular flexibility index (Phi) is 4.76. The molecule has 3 rings (SSSR count). The Morgan fingerprint density at radius 2 is 1.96 bits per heavy atom. The molecule has 1 aliphatic heterocycles. The summed E-state index contributed by atoms with van der Waals surface area (Å²) in [6.07, 6.45) is 0.646. The number of benzene rings is 2. The van der Waals surface area contributed by atoms with Gasteiger partial charge in [0, 0.05) is 19.0 Å². The number of carbonyl (C=O) groups excluding carboxylic acids is 1. The third kappa shape index (κ3) is 3.38. The topological polar surface area (TPSA) is 55.6 Å². The van der Waals surface area contributed by atoms with Gasteiger partial charge in [0.25, 0.3) is 0 Å². The molecule has 0 unspecified atom stereocenters. The van der Waals surface area contributed by atoms with Gasteiger partial charge in [-0.05, 0) is 36.2 Å². The molecule has 2 N–H and O–H groups in total. The van der Waals surface area contributed by atoms with Crippen LogP contribution in [0.5, 0.6) is 5.75 Å². The molecule has 4 nitrogen and oxygen atoms in total. The maximum Gasteiger partial charge on any atom is 0.229 e. The number of ether oxygens (including phenoxy) is 1. The van der Waals surface area contributed by atoms with E-state index < -0.39 is 11.9 Å². The molecule has 0 spiro atoms. The van der Waals surface area contributed by atoms with Crippen LogP contribution in [0.1, 0.15) is 24.4 Å². The highest BCUT2D eigenvalue weighted by Gasteiger charge is 2.25. The number of hydrogen-bond acceptors (Lipinski definition) is 3. The van der Waals surface area contributed by atoms with Gasteiger partial charge in [0.15, 0.2) is 11.6 Å². The summed E-state index contributed by atoms with van der Waals surface area (Å²) in [6, 6.07) is 9.69. The average Bonchev–Trinajstić information content (AvgIpc) is 2.79. The summed E-state index contributed by atoms with van der Waals surface area (Å²) in [5.74, 6) is -0.968. The Morgan fingerprint density at radius 3 is 2.71 bits per heavy atom. The molecule has 24 heavy (non-hydrogen) atoms. The first-order valence-electron chi connectivity index (χ1n) is 7.79. The number of halogens is 2. The van der Waals surface area contributed by atoms with Crippen molar-refractivity contribution >= 4 is 11.6 Å². The Balaban J connectivity index is 1.80. The summed E-state index contributed by atoms with van der Waals surface area (Å²) in [6.45, 7) is 0.785. The summed E-state index contributed by atoms with van der Waals surface area (Å²) >= 11 is 0. The van der Waals surface area contributed by atoms with E-state index in [9.17, 15) is 13.6 Å². The van der Waals surface area contributed by atoms with Crippen molar-refractivity contribution < 1.29 is 18.3 Å². The molecule has 2 aromatic carbocycles. The van der Waals surface area contributed by atoms with Crippen molar-refractivity contribution in [1.82, 2.24) is 0 Å². The van der Waals surface area contributed by atoms with Crippen LogP contribution in [0, 0.1) is 11.6 Å². The Labute approximate surface area is 138 Å². The van der Waals surface area contributed by atoms with Crippen LogP contribution in [0.3, 0.4) is 0 Å². The molecule has 2 aromatic rings. The van der Waals surface area contributed by atoms with E-state index in [1.54, 1.807) is 24.3 Å². The average molecular weight is 332 g/mol. The third-order valence-electron chi connectivity index (χ3n) is 4.00.